The molecule has 0 radical (unpaired) electrons. The molecule has 0 saturated carbocycles. The quantitative estimate of drug-likeness (QED) is 0.750. The van der Waals surface area contributed by atoms with Gasteiger partial charge in [0, 0.05) is 24.8 Å². The Kier molecular flexibility index (Phi) is 5.75. The van der Waals surface area contributed by atoms with Crippen molar-refractivity contribution in [1.29, 1.82) is 0 Å². The number of aliphatic carboxylic acids is 1. The van der Waals surface area contributed by atoms with E-state index < -0.39 is 5.97 Å². The van der Waals surface area contributed by atoms with Crippen LogP contribution in [0.25, 0.3) is 0 Å². The fraction of sp³-hybridized carbons (Fsp3) is 0.538. The van der Waals surface area contributed by atoms with Crippen LogP contribution in [-0.4, -0.2) is 36.6 Å². The Labute approximate surface area is 131 Å². The van der Waals surface area contributed by atoms with E-state index in [0.717, 1.165) is 42.3 Å². The molecular weight excluding hydrogens is 308 g/mol. The average molecular weight is 326 g/mol. The zero-order valence-corrected chi connectivity index (χ0v) is 13.7. The minimum absolute atomic E-state index is 0.0000670. The monoisotopic (exact) mass is 326 g/mol. The summed E-state index contributed by atoms with van der Waals surface area (Å²) in [6.45, 7) is 4.81. The van der Waals surface area contributed by atoms with Gasteiger partial charge in [-0.15, -0.1) is 21.5 Å². The van der Waals surface area contributed by atoms with Gasteiger partial charge in [0.25, 0.3) is 0 Å². The predicted octanol–water partition coefficient (Wildman–Crippen LogP) is 2.41. The molecule has 0 spiro atoms. The van der Waals surface area contributed by atoms with Gasteiger partial charge in [0.05, 0.1) is 16.5 Å². The molecule has 0 bridgehead atoms. The third-order valence-corrected chi connectivity index (χ3v) is 4.62. The van der Waals surface area contributed by atoms with Crippen LogP contribution in [0.5, 0.6) is 0 Å². The van der Waals surface area contributed by atoms with Gasteiger partial charge in [-0.1, -0.05) is 18.7 Å². The summed E-state index contributed by atoms with van der Waals surface area (Å²) in [6, 6.07) is 0. The standard InChI is InChI=1S/C13H18N4O2S2/c1-3-4-11-15-16-13(21-8-12(18)19)17(11)6-5-10-7-20-9(2)14-10/h7H,3-6,8H2,1-2H3,(H,18,19). The molecule has 114 valence electrons. The van der Waals surface area contributed by atoms with Crippen LogP contribution in [0.4, 0.5) is 0 Å². The van der Waals surface area contributed by atoms with Crippen molar-refractivity contribution in [3.8, 4) is 0 Å². The van der Waals surface area contributed by atoms with Gasteiger partial charge >= 0.3 is 5.97 Å². The molecule has 0 atom stereocenters. The Hall–Kier alpha value is -1.41. The number of thioether (sulfide) groups is 1. The average Bonchev–Trinajstić information content (AvgIpc) is 3.01. The van der Waals surface area contributed by atoms with E-state index in [1.807, 2.05) is 11.5 Å². The van der Waals surface area contributed by atoms with Crippen molar-refractivity contribution in [3.63, 3.8) is 0 Å². The van der Waals surface area contributed by atoms with E-state index in [0.29, 0.717) is 5.16 Å². The van der Waals surface area contributed by atoms with Crippen molar-refractivity contribution >= 4 is 29.1 Å². The van der Waals surface area contributed by atoms with Crippen LogP contribution in [0.2, 0.25) is 0 Å². The van der Waals surface area contributed by atoms with E-state index >= 15 is 0 Å². The summed E-state index contributed by atoms with van der Waals surface area (Å²) >= 11 is 2.85. The summed E-state index contributed by atoms with van der Waals surface area (Å²) in [5.74, 6) is 0.0686. The highest BCUT2D eigenvalue weighted by molar-refractivity contribution is 7.99. The van der Waals surface area contributed by atoms with Crippen LogP contribution in [-0.2, 0) is 24.2 Å². The van der Waals surface area contributed by atoms with E-state index in [4.69, 9.17) is 5.11 Å². The molecule has 0 aliphatic carbocycles. The summed E-state index contributed by atoms with van der Waals surface area (Å²) in [6.07, 6.45) is 2.63. The highest BCUT2D eigenvalue weighted by Gasteiger charge is 2.13. The number of hydrogen-bond donors (Lipinski definition) is 1. The van der Waals surface area contributed by atoms with Crippen LogP contribution < -0.4 is 0 Å². The van der Waals surface area contributed by atoms with Crippen molar-refractivity contribution < 1.29 is 9.90 Å². The molecule has 0 aromatic carbocycles. The number of nitrogens with zero attached hydrogens (tertiary/aromatic N) is 4. The molecule has 0 unspecified atom stereocenters. The van der Waals surface area contributed by atoms with Crippen LogP contribution in [0.15, 0.2) is 10.5 Å². The lowest BCUT2D eigenvalue weighted by molar-refractivity contribution is -0.133. The molecule has 2 rings (SSSR count). The molecule has 0 aliphatic rings. The minimum Gasteiger partial charge on any atom is -0.481 e. The van der Waals surface area contributed by atoms with Gasteiger partial charge in [-0.2, -0.15) is 0 Å². The predicted molar refractivity (Wildman–Crippen MR) is 82.9 cm³/mol. The molecule has 0 aliphatic heterocycles. The summed E-state index contributed by atoms with van der Waals surface area (Å²) in [4.78, 5) is 15.2. The number of carbonyl (C=O) groups is 1. The SMILES string of the molecule is CCCc1nnc(SCC(=O)O)n1CCc1csc(C)n1. The van der Waals surface area contributed by atoms with Gasteiger partial charge in [0.15, 0.2) is 5.16 Å². The Balaban J connectivity index is 2.09. The van der Waals surface area contributed by atoms with Crippen LogP contribution >= 0.6 is 23.1 Å². The van der Waals surface area contributed by atoms with E-state index in [2.05, 4.69) is 27.5 Å². The zero-order chi connectivity index (χ0) is 15.2. The topological polar surface area (TPSA) is 80.9 Å². The first-order chi connectivity index (χ1) is 10.1. The number of hydrogen-bond acceptors (Lipinski definition) is 6. The van der Waals surface area contributed by atoms with E-state index in [1.165, 1.54) is 11.8 Å². The number of thiazole rings is 1. The number of aromatic nitrogens is 4. The molecule has 2 aromatic rings. The summed E-state index contributed by atoms with van der Waals surface area (Å²) in [5, 5.41) is 20.9. The minimum atomic E-state index is -0.846. The van der Waals surface area contributed by atoms with Crippen molar-refractivity contribution in [2.45, 2.75) is 44.8 Å². The second-order valence-corrected chi connectivity index (χ2v) is 6.60. The van der Waals surface area contributed by atoms with Crippen LogP contribution in [0.1, 0.15) is 29.9 Å². The molecule has 0 fully saturated rings. The first-order valence-corrected chi connectivity index (χ1v) is 8.64. The van der Waals surface area contributed by atoms with Crippen molar-refractivity contribution in [1.82, 2.24) is 19.7 Å². The van der Waals surface area contributed by atoms with Crippen molar-refractivity contribution in [3.05, 3.63) is 21.9 Å². The largest absolute Gasteiger partial charge is 0.481 e. The molecule has 0 amide bonds. The fourth-order valence-corrected chi connectivity index (χ4v) is 3.29. The van der Waals surface area contributed by atoms with Gasteiger partial charge in [-0.3, -0.25) is 4.79 Å². The second kappa shape index (κ2) is 7.56. The molecule has 1 N–H and O–H groups in total. The maximum atomic E-state index is 10.7. The lowest BCUT2D eigenvalue weighted by Crippen LogP contribution is -2.09. The van der Waals surface area contributed by atoms with Gasteiger partial charge in [-0.25, -0.2) is 4.98 Å². The first-order valence-electron chi connectivity index (χ1n) is 6.77. The molecule has 6 nitrogen and oxygen atoms in total. The lowest BCUT2D eigenvalue weighted by atomic mass is 10.3. The molecule has 0 saturated heterocycles. The summed E-state index contributed by atoms with van der Waals surface area (Å²) < 4.78 is 2.02. The first kappa shape index (κ1) is 16.0. The Morgan fingerprint density at radius 2 is 2.24 bits per heavy atom. The molecule has 2 aromatic heterocycles. The zero-order valence-electron chi connectivity index (χ0n) is 12.1. The van der Waals surface area contributed by atoms with E-state index in [-0.39, 0.29) is 5.75 Å². The lowest BCUT2D eigenvalue weighted by Gasteiger charge is -2.08. The highest BCUT2D eigenvalue weighted by Crippen LogP contribution is 2.19. The summed E-state index contributed by atoms with van der Waals surface area (Å²) in [7, 11) is 0. The van der Waals surface area contributed by atoms with Crippen molar-refractivity contribution in [2.75, 3.05) is 5.75 Å². The van der Waals surface area contributed by atoms with Gasteiger partial charge in [0.1, 0.15) is 5.82 Å². The van der Waals surface area contributed by atoms with Crippen LogP contribution in [0.3, 0.4) is 0 Å². The third kappa shape index (κ3) is 4.53. The highest BCUT2D eigenvalue weighted by atomic mass is 32.2. The van der Waals surface area contributed by atoms with Gasteiger partial charge in [-0.05, 0) is 13.3 Å². The van der Waals surface area contributed by atoms with Gasteiger partial charge in [0.2, 0.25) is 0 Å². The van der Waals surface area contributed by atoms with Gasteiger partial charge < -0.3 is 9.67 Å². The molecule has 21 heavy (non-hydrogen) atoms. The smallest absolute Gasteiger partial charge is 0.313 e. The summed E-state index contributed by atoms with van der Waals surface area (Å²) in [5.41, 5.74) is 1.06. The number of aryl methyl sites for hydroxylation is 3. The molecular formula is C13H18N4O2S2. The normalized spacial score (nSPS) is 11.0. The van der Waals surface area contributed by atoms with E-state index in [1.54, 1.807) is 11.3 Å². The maximum absolute atomic E-state index is 10.7. The Morgan fingerprint density at radius 1 is 1.43 bits per heavy atom. The second-order valence-electron chi connectivity index (χ2n) is 4.59. The molecule has 2 heterocycles. The number of carboxylic acids is 1. The number of carboxylic acid groups (broad SMARTS) is 1. The molecule has 8 heteroatoms. The Bertz CT molecular complexity index is 609. The Morgan fingerprint density at radius 3 is 2.86 bits per heavy atom. The maximum Gasteiger partial charge on any atom is 0.313 e. The third-order valence-electron chi connectivity index (χ3n) is 2.85. The van der Waals surface area contributed by atoms with Crippen molar-refractivity contribution in [2.24, 2.45) is 0 Å². The fourth-order valence-electron chi connectivity index (χ4n) is 1.93. The number of rotatable bonds is 8. The van der Waals surface area contributed by atoms with Crippen LogP contribution in [0, 0.1) is 6.92 Å². The van der Waals surface area contributed by atoms with E-state index in [9.17, 15) is 4.79 Å².